The maximum Gasteiger partial charge on any atom is 0.341 e. The highest BCUT2D eigenvalue weighted by Crippen LogP contribution is 2.38. The number of esters is 1. The minimum absolute atomic E-state index is 0.0577. The quantitative estimate of drug-likeness (QED) is 0.224. The predicted molar refractivity (Wildman–Crippen MR) is 142 cm³/mol. The molecule has 0 unspecified atom stereocenters. The van der Waals surface area contributed by atoms with Crippen LogP contribution >= 0.6 is 23.1 Å². The third-order valence-electron chi connectivity index (χ3n) is 5.56. The van der Waals surface area contributed by atoms with Gasteiger partial charge in [0.1, 0.15) is 28.7 Å². The van der Waals surface area contributed by atoms with Gasteiger partial charge in [0.05, 0.1) is 12.9 Å². The lowest BCUT2D eigenvalue weighted by Crippen LogP contribution is -2.16. The van der Waals surface area contributed by atoms with Crippen LogP contribution in [0, 0.1) is 19.7 Å². The number of carbonyl (C=O) groups excluding carboxylic acids is 2. The number of hydrogen-bond donors (Lipinski definition) is 1. The van der Waals surface area contributed by atoms with Gasteiger partial charge in [-0.25, -0.2) is 9.18 Å². The van der Waals surface area contributed by atoms with Crippen LogP contribution in [0.3, 0.4) is 0 Å². The van der Waals surface area contributed by atoms with Crippen molar-refractivity contribution in [2.24, 2.45) is 7.05 Å². The second-order valence-electron chi connectivity index (χ2n) is 8.20. The van der Waals surface area contributed by atoms with Crippen LogP contribution in [0.4, 0.5) is 9.39 Å². The van der Waals surface area contributed by atoms with Gasteiger partial charge in [-0.2, -0.15) is 0 Å². The second kappa shape index (κ2) is 11.6. The van der Waals surface area contributed by atoms with Crippen molar-refractivity contribution in [2.75, 3.05) is 18.2 Å². The highest BCUT2D eigenvalue weighted by Gasteiger charge is 2.23. The Kier molecular flexibility index (Phi) is 8.24. The molecule has 0 aliphatic heterocycles. The average Bonchev–Trinajstić information content (AvgIpc) is 3.46. The van der Waals surface area contributed by atoms with Gasteiger partial charge < -0.3 is 19.4 Å². The molecule has 0 bridgehead atoms. The number of amides is 1. The van der Waals surface area contributed by atoms with E-state index in [0.29, 0.717) is 27.3 Å². The summed E-state index contributed by atoms with van der Waals surface area (Å²) in [5.41, 5.74) is 4.05. The van der Waals surface area contributed by atoms with E-state index in [-0.39, 0.29) is 24.1 Å². The molecule has 0 spiro atoms. The van der Waals surface area contributed by atoms with Gasteiger partial charge in [-0.3, -0.25) is 4.79 Å². The molecule has 8 nitrogen and oxygen atoms in total. The minimum Gasteiger partial charge on any atom is -0.486 e. The molecule has 2 aromatic heterocycles. The van der Waals surface area contributed by atoms with Gasteiger partial charge in [0.15, 0.2) is 11.0 Å². The summed E-state index contributed by atoms with van der Waals surface area (Å²) in [7, 11) is 3.09. The topological polar surface area (TPSA) is 95.3 Å². The first kappa shape index (κ1) is 26.4. The maximum absolute atomic E-state index is 13.1. The monoisotopic (exact) mass is 540 g/mol. The van der Waals surface area contributed by atoms with Crippen molar-refractivity contribution in [3.8, 4) is 16.9 Å². The Balaban J connectivity index is 1.42. The number of anilines is 1. The van der Waals surface area contributed by atoms with E-state index < -0.39 is 5.97 Å². The average molecular weight is 541 g/mol. The number of carbonyl (C=O) groups is 2. The van der Waals surface area contributed by atoms with Crippen LogP contribution in [0.2, 0.25) is 0 Å². The Morgan fingerprint density at radius 3 is 2.59 bits per heavy atom. The number of halogens is 1. The zero-order valence-corrected chi connectivity index (χ0v) is 22.3. The zero-order valence-electron chi connectivity index (χ0n) is 20.7. The molecule has 0 atom stereocenters. The fourth-order valence-corrected chi connectivity index (χ4v) is 5.24. The molecule has 4 rings (SSSR count). The zero-order chi connectivity index (χ0) is 26.5. The standard InChI is InChI=1S/C26H25FN4O4S2/c1-15-5-6-16(2)19(11-15)20-13-36-24(23(20)25(33)34-4)28-22(32)14-37-26-30-29-21(31(26)3)12-35-18-9-7-17(27)8-10-18/h5-11,13H,12,14H2,1-4H3,(H,28,32). The fraction of sp³-hybridized carbons (Fsp3) is 0.231. The largest absolute Gasteiger partial charge is 0.486 e. The number of aromatic nitrogens is 3. The van der Waals surface area contributed by atoms with Gasteiger partial charge in [0.2, 0.25) is 5.91 Å². The second-order valence-corrected chi connectivity index (χ2v) is 10.0. The third-order valence-corrected chi connectivity index (χ3v) is 7.47. The van der Waals surface area contributed by atoms with Gasteiger partial charge in [0.25, 0.3) is 0 Å². The van der Waals surface area contributed by atoms with Gasteiger partial charge in [-0.05, 0) is 49.2 Å². The molecular formula is C26H25FN4O4S2. The van der Waals surface area contributed by atoms with Crippen LogP contribution < -0.4 is 10.1 Å². The van der Waals surface area contributed by atoms with Crippen molar-refractivity contribution in [3.05, 3.63) is 76.2 Å². The van der Waals surface area contributed by atoms with Crippen molar-refractivity contribution >= 4 is 40.0 Å². The van der Waals surface area contributed by atoms with Crippen LogP contribution in [0.25, 0.3) is 11.1 Å². The molecule has 1 N–H and O–H groups in total. The van der Waals surface area contributed by atoms with Crippen molar-refractivity contribution in [2.45, 2.75) is 25.6 Å². The first-order chi connectivity index (χ1) is 17.8. The lowest BCUT2D eigenvalue weighted by Gasteiger charge is -2.10. The number of methoxy groups -OCH3 is 1. The molecule has 192 valence electrons. The number of hydrogen-bond acceptors (Lipinski definition) is 8. The van der Waals surface area contributed by atoms with Crippen molar-refractivity contribution in [3.63, 3.8) is 0 Å². The van der Waals surface area contributed by atoms with Gasteiger partial charge in [-0.15, -0.1) is 21.5 Å². The normalized spacial score (nSPS) is 10.8. The Morgan fingerprint density at radius 2 is 1.86 bits per heavy atom. The number of nitrogens with one attached hydrogen (secondary N) is 1. The SMILES string of the molecule is COC(=O)c1c(-c2cc(C)ccc2C)csc1NC(=O)CSc1nnc(COc2ccc(F)cc2)n1C. The summed E-state index contributed by atoms with van der Waals surface area (Å²) in [5, 5.41) is 13.9. The molecule has 1 amide bonds. The summed E-state index contributed by atoms with van der Waals surface area (Å²) in [6, 6.07) is 11.7. The fourth-order valence-electron chi connectivity index (χ4n) is 3.55. The van der Waals surface area contributed by atoms with Crippen LogP contribution in [0.15, 0.2) is 53.0 Å². The van der Waals surface area contributed by atoms with E-state index in [0.717, 1.165) is 22.3 Å². The number of thioether (sulfide) groups is 1. The Bertz CT molecular complexity index is 1430. The van der Waals surface area contributed by atoms with Crippen LogP contribution in [-0.2, 0) is 23.2 Å². The first-order valence-corrected chi connectivity index (χ1v) is 13.1. The van der Waals surface area contributed by atoms with Gasteiger partial charge in [-0.1, -0.05) is 35.5 Å². The molecular weight excluding hydrogens is 515 g/mol. The van der Waals surface area contributed by atoms with Crippen molar-refractivity contribution in [1.82, 2.24) is 14.8 Å². The lowest BCUT2D eigenvalue weighted by atomic mass is 9.97. The summed E-state index contributed by atoms with van der Waals surface area (Å²) >= 11 is 2.48. The molecule has 0 aliphatic carbocycles. The molecule has 0 aliphatic rings. The van der Waals surface area contributed by atoms with Crippen molar-refractivity contribution < 1.29 is 23.5 Å². The number of thiophene rings is 1. The Morgan fingerprint density at radius 1 is 1.11 bits per heavy atom. The highest BCUT2D eigenvalue weighted by molar-refractivity contribution is 7.99. The van der Waals surface area contributed by atoms with E-state index in [9.17, 15) is 14.0 Å². The summed E-state index contributed by atoms with van der Waals surface area (Å²) in [6.07, 6.45) is 0. The summed E-state index contributed by atoms with van der Waals surface area (Å²) < 4.78 is 25.4. The molecule has 0 saturated heterocycles. The molecule has 2 aromatic carbocycles. The minimum atomic E-state index is -0.515. The number of ether oxygens (including phenoxy) is 2. The number of nitrogens with zero attached hydrogens (tertiary/aromatic N) is 3. The number of aryl methyl sites for hydroxylation is 2. The van der Waals surface area contributed by atoms with E-state index in [1.54, 1.807) is 11.6 Å². The smallest absolute Gasteiger partial charge is 0.341 e. The van der Waals surface area contributed by atoms with Gasteiger partial charge in [0, 0.05) is 18.0 Å². The van der Waals surface area contributed by atoms with E-state index in [1.807, 2.05) is 37.4 Å². The third kappa shape index (κ3) is 6.17. The highest BCUT2D eigenvalue weighted by atomic mass is 32.2. The van der Waals surface area contributed by atoms with E-state index in [4.69, 9.17) is 9.47 Å². The summed E-state index contributed by atoms with van der Waals surface area (Å²) in [6.45, 7) is 4.10. The molecule has 11 heteroatoms. The Hall–Kier alpha value is -3.70. The molecule has 2 heterocycles. The predicted octanol–water partition coefficient (Wildman–Crippen LogP) is 5.40. The molecule has 0 saturated carbocycles. The van der Waals surface area contributed by atoms with Crippen LogP contribution in [0.1, 0.15) is 27.3 Å². The lowest BCUT2D eigenvalue weighted by molar-refractivity contribution is -0.113. The van der Waals surface area contributed by atoms with Crippen molar-refractivity contribution in [1.29, 1.82) is 0 Å². The Labute approximate surface area is 221 Å². The van der Waals surface area contributed by atoms with E-state index in [2.05, 4.69) is 15.5 Å². The summed E-state index contributed by atoms with van der Waals surface area (Å²) in [4.78, 5) is 25.4. The number of benzene rings is 2. The van der Waals surface area contributed by atoms with E-state index >= 15 is 0 Å². The maximum atomic E-state index is 13.1. The molecule has 4 aromatic rings. The van der Waals surface area contributed by atoms with Gasteiger partial charge >= 0.3 is 5.97 Å². The summed E-state index contributed by atoms with van der Waals surface area (Å²) in [5.74, 6) is -0.0315. The van der Waals surface area contributed by atoms with E-state index in [1.165, 1.54) is 54.5 Å². The molecule has 0 fully saturated rings. The molecule has 37 heavy (non-hydrogen) atoms. The molecule has 0 radical (unpaired) electrons. The van der Waals surface area contributed by atoms with Crippen LogP contribution in [-0.4, -0.2) is 39.5 Å². The first-order valence-electron chi connectivity index (χ1n) is 11.2. The van der Waals surface area contributed by atoms with Crippen LogP contribution in [0.5, 0.6) is 5.75 Å². The number of rotatable bonds is 9.